The SMILES string of the molecule is CCC(CBr)COc1ccc(C(=O)OC)cc1. The highest BCUT2D eigenvalue weighted by atomic mass is 79.9. The molecule has 0 saturated carbocycles. The van der Waals surface area contributed by atoms with Gasteiger partial charge in [0.15, 0.2) is 0 Å². The highest BCUT2D eigenvalue weighted by molar-refractivity contribution is 9.09. The first-order valence-electron chi connectivity index (χ1n) is 5.58. The maximum atomic E-state index is 11.2. The number of carbonyl (C=O) groups excluding carboxylic acids is 1. The third-order valence-corrected chi connectivity index (χ3v) is 3.47. The van der Waals surface area contributed by atoms with Gasteiger partial charge in [0.25, 0.3) is 0 Å². The molecule has 0 aromatic heterocycles. The number of methoxy groups -OCH3 is 1. The molecule has 0 saturated heterocycles. The van der Waals surface area contributed by atoms with Crippen molar-refractivity contribution >= 4 is 21.9 Å². The molecule has 0 heterocycles. The Kier molecular flexibility index (Phi) is 6.05. The lowest BCUT2D eigenvalue weighted by atomic mass is 10.1. The molecule has 0 bridgehead atoms. The molecule has 0 radical (unpaired) electrons. The molecule has 1 atom stereocenters. The second-order valence-electron chi connectivity index (χ2n) is 3.76. The van der Waals surface area contributed by atoms with E-state index in [1.54, 1.807) is 24.3 Å². The Bertz CT molecular complexity index is 344. The van der Waals surface area contributed by atoms with Gasteiger partial charge in [-0.2, -0.15) is 0 Å². The molecule has 1 rings (SSSR count). The summed E-state index contributed by atoms with van der Waals surface area (Å²) >= 11 is 3.45. The van der Waals surface area contributed by atoms with Crippen molar-refractivity contribution in [3.63, 3.8) is 0 Å². The summed E-state index contributed by atoms with van der Waals surface area (Å²) in [6, 6.07) is 6.98. The van der Waals surface area contributed by atoms with Crippen molar-refractivity contribution in [3.8, 4) is 5.75 Å². The van der Waals surface area contributed by atoms with Crippen LogP contribution in [0.5, 0.6) is 5.75 Å². The fourth-order valence-corrected chi connectivity index (χ4v) is 1.94. The standard InChI is InChI=1S/C13H17BrO3/c1-3-10(8-14)9-17-12-6-4-11(5-7-12)13(15)16-2/h4-7,10H,3,8-9H2,1-2H3. The van der Waals surface area contributed by atoms with Crippen molar-refractivity contribution in [3.05, 3.63) is 29.8 Å². The molecule has 0 aliphatic rings. The predicted octanol–water partition coefficient (Wildman–Crippen LogP) is 3.27. The molecule has 1 unspecified atom stereocenters. The molecular weight excluding hydrogens is 284 g/mol. The molecule has 4 heteroatoms. The summed E-state index contributed by atoms with van der Waals surface area (Å²) in [6.07, 6.45) is 1.07. The zero-order valence-electron chi connectivity index (χ0n) is 10.1. The number of rotatable bonds is 6. The summed E-state index contributed by atoms with van der Waals surface area (Å²) in [5, 5.41) is 0.934. The maximum absolute atomic E-state index is 11.2. The largest absolute Gasteiger partial charge is 0.493 e. The van der Waals surface area contributed by atoms with Crippen LogP contribution in [0.25, 0.3) is 0 Å². The van der Waals surface area contributed by atoms with E-state index in [1.807, 2.05) is 0 Å². The molecule has 0 fully saturated rings. The van der Waals surface area contributed by atoms with Gasteiger partial charge in [0, 0.05) is 11.2 Å². The molecule has 3 nitrogen and oxygen atoms in total. The Labute approximate surface area is 110 Å². The average molecular weight is 301 g/mol. The number of hydrogen-bond donors (Lipinski definition) is 0. The Hall–Kier alpha value is -1.03. The van der Waals surface area contributed by atoms with Gasteiger partial charge in [-0.3, -0.25) is 0 Å². The molecule has 0 spiro atoms. The predicted molar refractivity (Wildman–Crippen MR) is 70.9 cm³/mol. The second-order valence-corrected chi connectivity index (χ2v) is 4.40. The Morgan fingerprint density at radius 3 is 2.47 bits per heavy atom. The van der Waals surface area contributed by atoms with Crippen LogP contribution >= 0.6 is 15.9 Å². The third kappa shape index (κ3) is 4.38. The quantitative estimate of drug-likeness (QED) is 0.597. The van der Waals surface area contributed by atoms with E-state index in [0.29, 0.717) is 18.1 Å². The topological polar surface area (TPSA) is 35.5 Å². The molecule has 17 heavy (non-hydrogen) atoms. The minimum atomic E-state index is -0.330. The molecule has 0 amide bonds. The molecule has 0 N–H and O–H groups in total. The Balaban J connectivity index is 2.53. The number of benzene rings is 1. The van der Waals surface area contributed by atoms with Crippen LogP contribution in [0.4, 0.5) is 0 Å². The number of ether oxygens (including phenoxy) is 2. The molecular formula is C13H17BrO3. The fourth-order valence-electron chi connectivity index (χ4n) is 1.29. The minimum Gasteiger partial charge on any atom is -0.493 e. The van der Waals surface area contributed by atoms with Crippen molar-refractivity contribution in [2.75, 3.05) is 19.0 Å². The highest BCUT2D eigenvalue weighted by Crippen LogP contribution is 2.15. The number of alkyl halides is 1. The molecule has 1 aromatic carbocycles. The van der Waals surface area contributed by atoms with E-state index in [1.165, 1.54) is 7.11 Å². The first-order chi connectivity index (χ1) is 8.21. The monoisotopic (exact) mass is 300 g/mol. The van der Waals surface area contributed by atoms with Crippen LogP contribution in [0, 0.1) is 5.92 Å². The van der Waals surface area contributed by atoms with Crippen LogP contribution in [0.15, 0.2) is 24.3 Å². The lowest BCUT2D eigenvalue weighted by molar-refractivity contribution is 0.0600. The normalized spacial score (nSPS) is 11.9. The van der Waals surface area contributed by atoms with E-state index in [9.17, 15) is 4.79 Å². The minimum absolute atomic E-state index is 0.330. The Morgan fingerprint density at radius 2 is 2.00 bits per heavy atom. The molecule has 0 aliphatic carbocycles. The number of esters is 1. The van der Waals surface area contributed by atoms with E-state index < -0.39 is 0 Å². The van der Waals surface area contributed by atoms with Gasteiger partial charge >= 0.3 is 5.97 Å². The van der Waals surface area contributed by atoms with Crippen LogP contribution in [-0.2, 0) is 4.74 Å². The first-order valence-corrected chi connectivity index (χ1v) is 6.70. The van der Waals surface area contributed by atoms with E-state index in [4.69, 9.17) is 4.74 Å². The van der Waals surface area contributed by atoms with Gasteiger partial charge in [-0.1, -0.05) is 22.9 Å². The van der Waals surface area contributed by atoms with E-state index in [0.717, 1.165) is 17.5 Å². The van der Waals surface area contributed by atoms with Crippen molar-refractivity contribution in [1.29, 1.82) is 0 Å². The van der Waals surface area contributed by atoms with Gasteiger partial charge < -0.3 is 9.47 Å². The molecule has 94 valence electrons. The van der Waals surface area contributed by atoms with Crippen molar-refractivity contribution in [1.82, 2.24) is 0 Å². The zero-order valence-corrected chi connectivity index (χ0v) is 11.7. The second kappa shape index (κ2) is 7.33. The van der Waals surface area contributed by atoms with Gasteiger partial charge in [-0.25, -0.2) is 4.79 Å². The van der Waals surface area contributed by atoms with Crippen LogP contribution < -0.4 is 4.74 Å². The summed E-state index contributed by atoms with van der Waals surface area (Å²) in [5.74, 6) is 0.954. The molecule has 1 aromatic rings. The number of hydrogen-bond acceptors (Lipinski definition) is 3. The summed E-state index contributed by atoms with van der Waals surface area (Å²) in [6.45, 7) is 2.81. The summed E-state index contributed by atoms with van der Waals surface area (Å²) in [7, 11) is 1.37. The van der Waals surface area contributed by atoms with Crippen LogP contribution in [0.2, 0.25) is 0 Å². The summed E-state index contributed by atoms with van der Waals surface area (Å²) in [5.41, 5.74) is 0.535. The lowest BCUT2D eigenvalue weighted by Crippen LogP contribution is -2.12. The average Bonchev–Trinajstić information content (AvgIpc) is 2.39. The van der Waals surface area contributed by atoms with Crippen molar-refractivity contribution in [2.24, 2.45) is 5.92 Å². The first kappa shape index (κ1) is 14.0. The van der Waals surface area contributed by atoms with Gasteiger partial charge in [0.05, 0.1) is 19.3 Å². The highest BCUT2D eigenvalue weighted by Gasteiger charge is 2.07. The number of carbonyl (C=O) groups is 1. The fraction of sp³-hybridized carbons (Fsp3) is 0.462. The van der Waals surface area contributed by atoms with Gasteiger partial charge in [-0.05, 0) is 30.7 Å². The van der Waals surface area contributed by atoms with Gasteiger partial charge in [-0.15, -0.1) is 0 Å². The van der Waals surface area contributed by atoms with Crippen LogP contribution in [0.1, 0.15) is 23.7 Å². The van der Waals surface area contributed by atoms with E-state index in [2.05, 4.69) is 27.6 Å². The summed E-state index contributed by atoms with van der Waals surface area (Å²) in [4.78, 5) is 11.2. The maximum Gasteiger partial charge on any atom is 0.337 e. The van der Waals surface area contributed by atoms with Crippen LogP contribution in [0.3, 0.4) is 0 Å². The van der Waals surface area contributed by atoms with Crippen molar-refractivity contribution < 1.29 is 14.3 Å². The van der Waals surface area contributed by atoms with Gasteiger partial charge in [0.1, 0.15) is 5.75 Å². The third-order valence-electron chi connectivity index (χ3n) is 2.56. The Morgan fingerprint density at radius 1 is 1.35 bits per heavy atom. The number of halogens is 1. The summed E-state index contributed by atoms with van der Waals surface area (Å²) < 4.78 is 10.3. The van der Waals surface area contributed by atoms with Gasteiger partial charge in [0.2, 0.25) is 0 Å². The van der Waals surface area contributed by atoms with Crippen LogP contribution in [-0.4, -0.2) is 25.0 Å². The van der Waals surface area contributed by atoms with E-state index in [-0.39, 0.29) is 5.97 Å². The zero-order chi connectivity index (χ0) is 12.7. The van der Waals surface area contributed by atoms with E-state index >= 15 is 0 Å². The van der Waals surface area contributed by atoms with Crippen molar-refractivity contribution in [2.45, 2.75) is 13.3 Å². The lowest BCUT2D eigenvalue weighted by Gasteiger charge is -2.13. The molecule has 0 aliphatic heterocycles. The smallest absolute Gasteiger partial charge is 0.337 e.